The van der Waals surface area contributed by atoms with Crippen LogP contribution in [0.4, 0.5) is 0 Å². The highest BCUT2D eigenvalue weighted by Crippen LogP contribution is 2.21. The Labute approximate surface area is 114 Å². The molecular weight excluding hydrogens is 248 g/mol. The summed E-state index contributed by atoms with van der Waals surface area (Å²) in [4.78, 5) is 22.9. The van der Waals surface area contributed by atoms with E-state index in [0.717, 1.165) is 0 Å². The molecule has 1 unspecified atom stereocenters. The zero-order valence-electron chi connectivity index (χ0n) is 12.2. The Kier molecular flexibility index (Phi) is 7.37. The Morgan fingerprint density at radius 1 is 1.21 bits per heavy atom. The van der Waals surface area contributed by atoms with Crippen molar-refractivity contribution in [3.8, 4) is 0 Å². The molecule has 0 bridgehead atoms. The van der Waals surface area contributed by atoms with Gasteiger partial charge in [0.2, 0.25) is 0 Å². The zero-order chi connectivity index (χ0) is 15.1. The third-order valence-corrected chi connectivity index (χ3v) is 2.97. The van der Waals surface area contributed by atoms with Crippen molar-refractivity contribution in [3.05, 3.63) is 12.2 Å². The van der Waals surface area contributed by atoms with Crippen LogP contribution in [0.2, 0.25) is 0 Å². The molecule has 1 atom stereocenters. The molecule has 0 amide bonds. The third-order valence-electron chi connectivity index (χ3n) is 2.97. The lowest BCUT2D eigenvalue weighted by Crippen LogP contribution is -2.31. The second-order valence-corrected chi connectivity index (χ2v) is 5.05. The molecule has 0 aliphatic rings. The molecule has 0 fully saturated rings. The first-order valence-corrected chi connectivity index (χ1v) is 6.44. The van der Waals surface area contributed by atoms with Gasteiger partial charge in [-0.2, -0.15) is 0 Å². The molecule has 0 aliphatic carbocycles. The topological polar surface area (TPSA) is 72.8 Å². The Hall–Kier alpha value is -1.36. The molecule has 5 nitrogen and oxygen atoms in total. The van der Waals surface area contributed by atoms with Gasteiger partial charge in [0.05, 0.1) is 5.41 Å². The number of carbonyl (C=O) groups excluding carboxylic acids is 2. The summed E-state index contributed by atoms with van der Waals surface area (Å²) in [7, 11) is 0. The van der Waals surface area contributed by atoms with E-state index in [1.165, 1.54) is 0 Å². The number of aliphatic hydroxyl groups is 1. The van der Waals surface area contributed by atoms with Crippen molar-refractivity contribution in [2.24, 2.45) is 5.41 Å². The molecule has 0 saturated carbocycles. The van der Waals surface area contributed by atoms with Crippen LogP contribution in [0.1, 0.15) is 40.5 Å². The van der Waals surface area contributed by atoms with E-state index in [0.29, 0.717) is 18.4 Å². The van der Waals surface area contributed by atoms with Gasteiger partial charge in [-0.25, -0.2) is 4.79 Å². The van der Waals surface area contributed by atoms with E-state index in [-0.39, 0.29) is 19.2 Å². The lowest BCUT2D eigenvalue weighted by molar-refractivity contribution is -0.159. The fraction of sp³-hybridized carbons (Fsp3) is 0.714. The zero-order valence-corrected chi connectivity index (χ0v) is 12.2. The van der Waals surface area contributed by atoms with Gasteiger partial charge in [-0.1, -0.05) is 20.4 Å². The van der Waals surface area contributed by atoms with Crippen molar-refractivity contribution < 1.29 is 24.2 Å². The number of rotatable bonds is 8. The van der Waals surface area contributed by atoms with Crippen LogP contribution in [-0.2, 0) is 19.1 Å². The van der Waals surface area contributed by atoms with Gasteiger partial charge in [0.1, 0.15) is 19.3 Å². The van der Waals surface area contributed by atoms with E-state index in [2.05, 4.69) is 6.58 Å². The lowest BCUT2D eigenvalue weighted by atomic mass is 9.91. The molecule has 0 spiro atoms. The average molecular weight is 272 g/mol. The van der Waals surface area contributed by atoms with Crippen molar-refractivity contribution in [3.63, 3.8) is 0 Å². The third kappa shape index (κ3) is 6.38. The minimum Gasteiger partial charge on any atom is -0.462 e. The SMILES string of the molecule is C=C(CC)C(=O)OCC(O)COC(=O)C(C)(C)CC. The highest BCUT2D eigenvalue weighted by molar-refractivity contribution is 5.87. The average Bonchev–Trinajstić information content (AvgIpc) is 2.40. The van der Waals surface area contributed by atoms with Gasteiger partial charge >= 0.3 is 11.9 Å². The molecule has 0 rings (SSSR count). The summed E-state index contributed by atoms with van der Waals surface area (Å²) >= 11 is 0. The number of carbonyl (C=O) groups is 2. The van der Waals surface area contributed by atoms with Crippen LogP contribution in [0.3, 0.4) is 0 Å². The second kappa shape index (κ2) is 7.94. The van der Waals surface area contributed by atoms with E-state index >= 15 is 0 Å². The van der Waals surface area contributed by atoms with Gasteiger partial charge in [0.25, 0.3) is 0 Å². The highest BCUT2D eigenvalue weighted by Gasteiger charge is 2.27. The van der Waals surface area contributed by atoms with Crippen molar-refractivity contribution in [1.29, 1.82) is 0 Å². The van der Waals surface area contributed by atoms with Crippen LogP contribution in [0, 0.1) is 5.41 Å². The number of hydrogen-bond donors (Lipinski definition) is 1. The summed E-state index contributed by atoms with van der Waals surface area (Å²) in [6, 6.07) is 0. The van der Waals surface area contributed by atoms with Crippen LogP contribution in [-0.4, -0.2) is 36.4 Å². The lowest BCUT2D eigenvalue weighted by Gasteiger charge is -2.21. The minimum absolute atomic E-state index is 0.186. The second-order valence-electron chi connectivity index (χ2n) is 5.05. The van der Waals surface area contributed by atoms with Crippen molar-refractivity contribution in [2.45, 2.75) is 46.6 Å². The molecule has 0 aromatic carbocycles. The van der Waals surface area contributed by atoms with E-state index in [1.54, 1.807) is 20.8 Å². The van der Waals surface area contributed by atoms with Gasteiger partial charge in [-0.15, -0.1) is 0 Å². The summed E-state index contributed by atoms with van der Waals surface area (Å²) in [5.41, 5.74) is -0.233. The first kappa shape index (κ1) is 17.6. The van der Waals surface area contributed by atoms with E-state index in [9.17, 15) is 14.7 Å². The quantitative estimate of drug-likeness (QED) is 0.539. The largest absolute Gasteiger partial charge is 0.462 e. The predicted octanol–water partition coefficient (Wildman–Crippen LogP) is 1.84. The van der Waals surface area contributed by atoms with E-state index < -0.39 is 17.5 Å². The van der Waals surface area contributed by atoms with Crippen LogP contribution < -0.4 is 0 Å². The number of ether oxygens (including phenoxy) is 2. The summed E-state index contributed by atoms with van der Waals surface area (Å²) in [5.74, 6) is -0.917. The monoisotopic (exact) mass is 272 g/mol. The number of esters is 2. The fourth-order valence-electron chi connectivity index (χ4n) is 0.978. The maximum Gasteiger partial charge on any atom is 0.333 e. The van der Waals surface area contributed by atoms with Gasteiger partial charge in [-0.3, -0.25) is 4.79 Å². The maximum atomic E-state index is 11.6. The molecule has 5 heteroatoms. The minimum atomic E-state index is -1.02. The van der Waals surface area contributed by atoms with E-state index in [1.807, 2.05) is 6.92 Å². The summed E-state index contributed by atoms with van der Waals surface area (Å²) in [5, 5.41) is 9.56. The van der Waals surface area contributed by atoms with Gasteiger partial charge in [-0.05, 0) is 26.7 Å². The van der Waals surface area contributed by atoms with E-state index in [4.69, 9.17) is 9.47 Å². The van der Waals surface area contributed by atoms with Crippen molar-refractivity contribution in [2.75, 3.05) is 13.2 Å². The molecule has 0 aromatic heterocycles. The van der Waals surface area contributed by atoms with Gasteiger partial charge in [0, 0.05) is 5.57 Å². The molecule has 0 aromatic rings. The van der Waals surface area contributed by atoms with Crippen LogP contribution in [0.5, 0.6) is 0 Å². The summed E-state index contributed by atoms with van der Waals surface area (Å²) < 4.78 is 9.80. The summed E-state index contributed by atoms with van der Waals surface area (Å²) in [6.45, 7) is 10.3. The molecule has 0 radical (unpaired) electrons. The molecule has 0 heterocycles. The Morgan fingerprint density at radius 3 is 2.21 bits per heavy atom. The molecule has 1 N–H and O–H groups in total. The molecule has 0 aliphatic heterocycles. The molecule has 110 valence electrons. The van der Waals surface area contributed by atoms with Crippen LogP contribution in [0.15, 0.2) is 12.2 Å². The fourth-order valence-corrected chi connectivity index (χ4v) is 0.978. The standard InChI is InChI=1S/C14H24O5/c1-6-10(3)12(16)18-8-11(15)9-19-13(17)14(4,5)7-2/h11,15H,3,6-9H2,1-2,4-5H3. The molecule has 0 saturated heterocycles. The van der Waals surface area contributed by atoms with Crippen LogP contribution >= 0.6 is 0 Å². The Balaban J connectivity index is 4.01. The highest BCUT2D eigenvalue weighted by atomic mass is 16.6. The normalized spacial score (nSPS) is 12.7. The number of aliphatic hydroxyl groups excluding tert-OH is 1. The number of hydrogen-bond acceptors (Lipinski definition) is 5. The summed E-state index contributed by atoms with van der Waals surface area (Å²) in [6.07, 6.45) is 0.118. The smallest absolute Gasteiger partial charge is 0.333 e. The Morgan fingerprint density at radius 2 is 1.74 bits per heavy atom. The first-order valence-electron chi connectivity index (χ1n) is 6.44. The van der Waals surface area contributed by atoms with Gasteiger partial charge < -0.3 is 14.6 Å². The predicted molar refractivity (Wildman–Crippen MR) is 71.4 cm³/mol. The first-order chi connectivity index (χ1) is 8.74. The van der Waals surface area contributed by atoms with Crippen LogP contribution in [0.25, 0.3) is 0 Å². The van der Waals surface area contributed by atoms with Crippen molar-refractivity contribution >= 4 is 11.9 Å². The van der Waals surface area contributed by atoms with Crippen molar-refractivity contribution in [1.82, 2.24) is 0 Å². The molecule has 19 heavy (non-hydrogen) atoms. The Bertz CT molecular complexity index is 333. The molecular formula is C14H24O5. The van der Waals surface area contributed by atoms with Gasteiger partial charge in [0.15, 0.2) is 0 Å². The maximum absolute atomic E-state index is 11.6.